The number of nitrogens with one attached hydrogen (secondary N) is 2. The van der Waals surface area contributed by atoms with E-state index in [2.05, 4.69) is 15.3 Å². The molecule has 82 valence electrons. The molecule has 0 amide bonds. The van der Waals surface area contributed by atoms with Crippen molar-refractivity contribution in [2.75, 3.05) is 18.5 Å². The summed E-state index contributed by atoms with van der Waals surface area (Å²) in [4.78, 5) is 17.8. The van der Waals surface area contributed by atoms with Crippen molar-refractivity contribution in [2.45, 2.75) is 25.4 Å². The molecular formula is C10H15N3O2. The highest BCUT2D eigenvalue weighted by Gasteiger charge is 2.13. The van der Waals surface area contributed by atoms with Gasteiger partial charge in [0.05, 0.1) is 6.10 Å². The van der Waals surface area contributed by atoms with Crippen molar-refractivity contribution in [3.05, 3.63) is 22.7 Å². The minimum Gasteiger partial charge on any atom is -0.376 e. The monoisotopic (exact) mass is 209 g/mol. The summed E-state index contributed by atoms with van der Waals surface area (Å²) in [7, 11) is 0. The van der Waals surface area contributed by atoms with Gasteiger partial charge in [0.25, 0.3) is 5.56 Å². The zero-order valence-corrected chi connectivity index (χ0v) is 8.53. The first-order valence-corrected chi connectivity index (χ1v) is 5.25. The Hall–Kier alpha value is -1.36. The average Bonchev–Trinajstić information content (AvgIpc) is 2.29. The third-order valence-corrected chi connectivity index (χ3v) is 2.48. The van der Waals surface area contributed by atoms with Crippen LogP contribution < -0.4 is 10.9 Å². The van der Waals surface area contributed by atoms with Gasteiger partial charge in [0.2, 0.25) is 0 Å². The lowest BCUT2D eigenvalue weighted by Gasteiger charge is -2.22. The molecule has 5 nitrogen and oxygen atoms in total. The molecule has 1 aliphatic heterocycles. The molecule has 1 atom stereocenters. The number of aromatic amines is 1. The molecule has 2 rings (SSSR count). The lowest BCUT2D eigenvalue weighted by molar-refractivity contribution is 0.0247. The fraction of sp³-hybridized carbons (Fsp3) is 0.600. The Bertz CT molecular complexity index is 358. The van der Waals surface area contributed by atoms with Crippen molar-refractivity contribution in [2.24, 2.45) is 0 Å². The van der Waals surface area contributed by atoms with Gasteiger partial charge in [-0.3, -0.25) is 4.79 Å². The van der Waals surface area contributed by atoms with E-state index in [1.807, 2.05) is 0 Å². The van der Waals surface area contributed by atoms with Gasteiger partial charge in [0.15, 0.2) is 5.82 Å². The second kappa shape index (κ2) is 4.93. The average molecular weight is 209 g/mol. The summed E-state index contributed by atoms with van der Waals surface area (Å²) in [6, 6.07) is 0. The zero-order chi connectivity index (χ0) is 10.5. The molecule has 1 aromatic heterocycles. The molecule has 1 unspecified atom stereocenters. The molecule has 1 aliphatic rings. The van der Waals surface area contributed by atoms with Gasteiger partial charge in [-0.05, 0) is 19.3 Å². The SMILES string of the molecule is O=c1[nH]ccnc1NCC1CCCCO1. The molecule has 5 heteroatoms. The number of ether oxygens (including phenoxy) is 1. The molecule has 1 fully saturated rings. The summed E-state index contributed by atoms with van der Waals surface area (Å²) < 4.78 is 5.54. The van der Waals surface area contributed by atoms with Crippen LogP contribution in [0.4, 0.5) is 5.82 Å². The molecule has 2 heterocycles. The Labute approximate surface area is 87.9 Å². The van der Waals surface area contributed by atoms with Crippen LogP contribution in [0.3, 0.4) is 0 Å². The summed E-state index contributed by atoms with van der Waals surface area (Å²) >= 11 is 0. The standard InChI is InChI=1S/C10H15N3O2/c14-10-9(11-4-5-12-10)13-7-8-3-1-2-6-15-8/h4-5,8H,1-3,6-7H2,(H,11,13)(H,12,14). The molecule has 0 radical (unpaired) electrons. The van der Waals surface area contributed by atoms with E-state index in [9.17, 15) is 4.79 Å². The molecule has 15 heavy (non-hydrogen) atoms. The van der Waals surface area contributed by atoms with Gasteiger partial charge in [0.1, 0.15) is 0 Å². The molecule has 1 aromatic rings. The van der Waals surface area contributed by atoms with E-state index in [-0.39, 0.29) is 11.7 Å². The van der Waals surface area contributed by atoms with Crippen molar-refractivity contribution in [3.8, 4) is 0 Å². The maximum atomic E-state index is 11.3. The van der Waals surface area contributed by atoms with Crippen LogP contribution >= 0.6 is 0 Å². The minimum absolute atomic E-state index is 0.187. The van der Waals surface area contributed by atoms with Crippen molar-refractivity contribution in [1.82, 2.24) is 9.97 Å². The third kappa shape index (κ3) is 2.79. The molecule has 0 aromatic carbocycles. The van der Waals surface area contributed by atoms with Crippen LogP contribution in [0, 0.1) is 0 Å². The largest absolute Gasteiger partial charge is 0.376 e. The lowest BCUT2D eigenvalue weighted by atomic mass is 10.1. The van der Waals surface area contributed by atoms with Gasteiger partial charge >= 0.3 is 0 Å². The Balaban J connectivity index is 1.87. The highest BCUT2D eigenvalue weighted by Crippen LogP contribution is 2.12. The van der Waals surface area contributed by atoms with Gasteiger partial charge < -0.3 is 15.0 Å². The van der Waals surface area contributed by atoms with Gasteiger partial charge in [-0.2, -0.15) is 0 Å². The molecule has 0 aliphatic carbocycles. The van der Waals surface area contributed by atoms with E-state index in [1.54, 1.807) is 6.20 Å². The first kappa shape index (κ1) is 10.2. The van der Waals surface area contributed by atoms with E-state index in [4.69, 9.17) is 4.74 Å². The number of rotatable bonds is 3. The van der Waals surface area contributed by atoms with E-state index in [0.717, 1.165) is 19.4 Å². The first-order chi connectivity index (χ1) is 7.36. The number of H-pyrrole nitrogens is 1. The van der Waals surface area contributed by atoms with Gasteiger partial charge in [0, 0.05) is 25.5 Å². The number of hydrogen-bond donors (Lipinski definition) is 2. The highest BCUT2D eigenvalue weighted by molar-refractivity contribution is 5.30. The molecule has 0 saturated carbocycles. The second-order valence-corrected chi connectivity index (χ2v) is 3.64. The Morgan fingerprint density at radius 3 is 3.27 bits per heavy atom. The molecule has 1 saturated heterocycles. The first-order valence-electron chi connectivity index (χ1n) is 5.25. The van der Waals surface area contributed by atoms with Crippen molar-refractivity contribution in [1.29, 1.82) is 0 Å². The summed E-state index contributed by atoms with van der Waals surface area (Å²) in [5.41, 5.74) is -0.187. The molecular weight excluding hydrogens is 194 g/mol. The number of nitrogens with zero attached hydrogens (tertiary/aromatic N) is 1. The van der Waals surface area contributed by atoms with Gasteiger partial charge in [-0.15, -0.1) is 0 Å². The van der Waals surface area contributed by atoms with Crippen molar-refractivity contribution in [3.63, 3.8) is 0 Å². The molecule has 2 N–H and O–H groups in total. The minimum atomic E-state index is -0.187. The highest BCUT2D eigenvalue weighted by atomic mass is 16.5. The maximum Gasteiger partial charge on any atom is 0.290 e. The van der Waals surface area contributed by atoms with Gasteiger partial charge in [-0.1, -0.05) is 0 Å². The fourth-order valence-electron chi connectivity index (χ4n) is 1.66. The van der Waals surface area contributed by atoms with Crippen LogP contribution in [0.1, 0.15) is 19.3 Å². The van der Waals surface area contributed by atoms with E-state index < -0.39 is 0 Å². The third-order valence-electron chi connectivity index (χ3n) is 2.48. The number of aromatic nitrogens is 2. The Morgan fingerprint density at radius 1 is 1.60 bits per heavy atom. The van der Waals surface area contributed by atoms with Crippen LogP contribution in [0.2, 0.25) is 0 Å². The molecule has 0 spiro atoms. The summed E-state index contributed by atoms with van der Waals surface area (Å²) in [5, 5.41) is 3.00. The predicted octanol–water partition coefficient (Wildman–Crippen LogP) is 0.751. The zero-order valence-electron chi connectivity index (χ0n) is 8.53. The van der Waals surface area contributed by atoms with E-state index >= 15 is 0 Å². The van der Waals surface area contributed by atoms with Gasteiger partial charge in [-0.25, -0.2) is 4.98 Å². The van der Waals surface area contributed by atoms with Crippen molar-refractivity contribution >= 4 is 5.82 Å². The topological polar surface area (TPSA) is 67.0 Å². The maximum absolute atomic E-state index is 11.3. The normalized spacial score (nSPS) is 21.2. The summed E-state index contributed by atoms with van der Waals surface area (Å²) in [5.74, 6) is 0.367. The smallest absolute Gasteiger partial charge is 0.290 e. The summed E-state index contributed by atoms with van der Waals surface area (Å²) in [6.45, 7) is 1.48. The lowest BCUT2D eigenvalue weighted by Crippen LogP contribution is -2.29. The number of anilines is 1. The van der Waals surface area contributed by atoms with Crippen LogP contribution in [-0.4, -0.2) is 29.2 Å². The number of hydrogen-bond acceptors (Lipinski definition) is 4. The summed E-state index contributed by atoms with van der Waals surface area (Å²) in [6.07, 6.45) is 6.68. The van der Waals surface area contributed by atoms with Crippen LogP contribution in [0.5, 0.6) is 0 Å². The van der Waals surface area contributed by atoms with E-state index in [1.165, 1.54) is 12.6 Å². The van der Waals surface area contributed by atoms with E-state index in [0.29, 0.717) is 12.4 Å². The van der Waals surface area contributed by atoms with Crippen LogP contribution in [0.15, 0.2) is 17.2 Å². The van der Waals surface area contributed by atoms with Crippen LogP contribution in [-0.2, 0) is 4.74 Å². The van der Waals surface area contributed by atoms with Crippen LogP contribution in [0.25, 0.3) is 0 Å². The second-order valence-electron chi connectivity index (χ2n) is 3.64. The Kier molecular flexibility index (Phi) is 3.34. The fourth-order valence-corrected chi connectivity index (χ4v) is 1.66. The predicted molar refractivity (Wildman–Crippen MR) is 56.9 cm³/mol. The Morgan fingerprint density at radius 2 is 2.53 bits per heavy atom. The van der Waals surface area contributed by atoms with Crippen molar-refractivity contribution < 1.29 is 4.74 Å². The molecule has 0 bridgehead atoms. The quantitative estimate of drug-likeness (QED) is 0.771.